The first-order chi connectivity index (χ1) is 12.2. The van der Waals surface area contributed by atoms with Crippen molar-refractivity contribution in [1.29, 1.82) is 0 Å². The van der Waals surface area contributed by atoms with E-state index in [1.54, 1.807) is 4.90 Å². The lowest BCUT2D eigenvalue weighted by Gasteiger charge is -2.33. The van der Waals surface area contributed by atoms with Gasteiger partial charge in [0.2, 0.25) is 5.82 Å². The van der Waals surface area contributed by atoms with Crippen LogP contribution in [0.25, 0.3) is 11.4 Å². The Hall–Kier alpha value is -3.00. The summed E-state index contributed by atoms with van der Waals surface area (Å²) in [6.45, 7) is 3.06. The smallest absolute Gasteiger partial charge is 0.258 e. The molecule has 1 aromatic carbocycles. The Bertz CT molecular complexity index is 873. The summed E-state index contributed by atoms with van der Waals surface area (Å²) >= 11 is 0. The van der Waals surface area contributed by atoms with Gasteiger partial charge in [0.25, 0.3) is 11.8 Å². The number of aromatic amines is 1. The fraction of sp³-hybridized carbons (Fsp3) is 0.294. The Balaban J connectivity index is 1.63. The minimum absolute atomic E-state index is 0.126. The first kappa shape index (κ1) is 15.5. The highest BCUT2D eigenvalue weighted by molar-refractivity contribution is 5.95. The third-order valence-electron chi connectivity index (χ3n) is 4.21. The Kier molecular flexibility index (Phi) is 4.02. The molecule has 2 aromatic heterocycles. The second-order valence-electron chi connectivity index (χ2n) is 5.82. The third-order valence-corrected chi connectivity index (χ3v) is 4.21. The van der Waals surface area contributed by atoms with E-state index in [9.17, 15) is 4.79 Å². The van der Waals surface area contributed by atoms with Gasteiger partial charge in [-0.2, -0.15) is 10.1 Å². The first-order valence-electron chi connectivity index (χ1n) is 8.02. The van der Waals surface area contributed by atoms with Crippen molar-refractivity contribution in [3.63, 3.8) is 0 Å². The fourth-order valence-electron chi connectivity index (χ4n) is 2.85. The molecule has 0 aliphatic carbocycles. The van der Waals surface area contributed by atoms with Crippen LogP contribution in [0.3, 0.4) is 0 Å². The second kappa shape index (κ2) is 6.48. The summed E-state index contributed by atoms with van der Waals surface area (Å²) in [6, 6.07) is 9.14. The van der Waals surface area contributed by atoms with Crippen molar-refractivity contribution >= 4 is 5.91 Å². The molecular formula is C17H17N5O3. The van der Waals surface area contributed by atoms with Crippen LogP contribution in [0.5, 0.6) is 0 Å². The highest BCUT2D eigenvalue weighted by Gasteiger charge is 2.34. The van der Waals surface area contributed by atoms with Crippen molar-refractivity contribution in [2.45, 2.75) is 13.0 Å². The molecule has 25 heavy (non-hydrogen) atoms. The van der Waals surface area contributed by atoms with Crippen molar-refractivity contribution in [3.05, 3.63) is 53.7 Å². The molecule has 0 unspecified atom stereocenters. The van der Waals surface area contributed by atoms with Gasteiger partial charge in [0.05, 0.1) is 25.0 Å². The first-order valence-corrected chi connectivity index (χ1v) is 8.02. The molecule has 3 heterocycles. The van der Waals surface area contributed by atoms with Crippen molar-refractivity contribution in [2.75, 3.05) is 19.8 Å². The van der Waals surface area contributed by atoms with Crippen LogP contribution in [0.1, 0.15) is 28.0 Å². The van der Waals surface area contributed by atoms with E-state index >= 15 is 0 Å². The summed E-state index contributed by atoms with van der Waals surface area (Å²) in [5.41, 5.74) is 2.12. The van der Waals surface area contributed by atoms with E-state index in [0.29, 0.717) is 37.0 Å². The molecule has 0 radical (unpaired) electrons. The molecule has 0 spiro atoms. The van der Waals surface area contributed by atoms with Gasteiger partial charge in [0.1, 0.15) is 6.04 Å². The predicted octanol–water partition coefficient (Wildman–Crippen LogP) is 1.98. The SMILES string of the molecule is Cc1[nH]ncc1C(=O)N1CCOC[C@@H]1c1nc(-c2ccccc2)no1. The van der Waals surface area contributed by atoms with Crippen LogP contribution in [-0.4, -0.2) is 50.9 Å². The molecule has 4 rings (SSSR count). The van der Waals surface area contributed by atoms with E-state index in [1.807, 2.05) is 37.3 Å². The number of ether oxygens (including phenoxy) is 1. The van der Waals surface area contributed by atoms with E-state index in [2.05, 4.69) is 20.3 Å². The quantitative estimate of drug-likeness (QED) is 0.784. The summed E-state index contributed by atoms with van der Waals surface area (Å²) in [5, 5.41) is 10.8. The van der Waals surface area contributed by atoms with Gasteiger partial charge in [-0.1, -0.05) is 35.5 Å². The maximum absolute atomic E-state index is 12.9. The second-order valence-corrected chi connectivity index (χ2v) is 5.82. The number of H-pyrrole nitrogens is 1. The molecule has 8 nitrogen and oxygen atoms in total. The maximum Gasteiger partial charge on any atom is 0.258 e. The summed E-state index contributed by atoms with van der Waals surface area (Å²) in [5.74, 6) is 0.736. The Labute approximate surface area is 143 Å². The Morgan fingerprint density at radius 1 is 1.32 bits per heavy atom. The minimum Gasteiger partial charge on any atom is -0.377 e. The van der Waals surface area contributed by atoms with Gasteiger partial charge >= 0.3 is 0 Å². The van der Waals surface area contributed by atoms with Crippen molar-refractivity contribution in [1.82, 2.24) is 25.2 Å². The van der Waals surface area contributed by atoms with E-state index in [0.717, 1.165) is 11.3 Å². The molecule has 128 valence electrons. The average molecular weight is 339 g/mol. The summed E-state index contributed by atoms with van der Waals surface area (Å²) < 4.78 is 11.0. The van der Waals surface area contributed by atoms with Crippen LogP contribution in [0.2, 0.25) is 0 Å². The number of nitrogens with zero attached hydrogens (tertiary/aromatic N) is 4. The summed E-state index contributed by atoms with van der Waals surface area (Å²) in [7, 11) is 0. The standard InChI is InChI=1S/C17H17N5O3/c1-11-13(9-18-20-11)17(23)22-7-8-24-10-14(22)16-19-15(21-25-16)12-5-3-2-4-6-12/h2-6,9,14H,7-8,10H2,1H3,(H,18,20)/t14-/m1/s1. The molecule has 3 aromatic rings. The summed E-state index contributed by atoms with van der Waals surface area (Å²) in [6.07, 6.45) is 1.54. The molecular weight excluding hydrogens is 322 g/mol. The number of hydrogen-bond donors (Lipinski definition) is 1. The highest BCUT2D eigenvalue weighted by atomic mass is 16.5. The van der Waals surface area contributed by atoms with Crippen LogP contribution >= 0.6 is 0 Å². The number of benzene rings is 1. The van der Waals surface area contributed by atoms with Gasteiger partial charge in [-0.15, -0.1) is 0 Å². The van der Waals surface area contributed by atoms with Gasteiger partial charge in [-0.3, -0.25) is 9.89 Å². The number of carbonyl (C=O) groups is 1. The normalized spacial score (nSPS) is 17.6. The van der Waals surface area contributed by atoms with E-state index in [-0.39, 0.29) is 5.91 Å². The molecule has 1 fully saturated rings. The molecule has 1 aliphatic rings. The molecule has 0 bridgehead atoms. The molecule has 1 atom stereocenters. The number of amides is 1. The largest absolute Gasteiger partial charge is 0.377 e. The molecule has 1 amide bonds. The monoisotopic (exact) mass is 339 g/mol. The number of aryl methyl sites for hydroxylation is 1. The van der Waals surface area contributed by atoms with Crippen LogP contribution in [0, 0.1) is 6.92 Å². The van der Waals surface area contributed by atoms with Crippen LogP contribution < -0.4 is 0 Å². The van der Waals surface area contributed by atoms with Gasteiger partial charge < -0.3 is 14.2 Å². The van der Waals surface area contributed by atoms with Gasteiger partial charge in [-0.05, 0) is 6.92 Å². The molecule has 0 saturated carbocycles. The van der Waals surface area contributed by atoms with E-state index in [1.165, 1.54) is 6.20 Å². The average Bonchev–Trinajstić information content (AvgIpc) is 3.31. The third kappa shape index (κ3) is 2.91. The number of rotatable bonds is 3. The molecule has 8 heteroatoms. The number of morpholine rings is 1. The summed E-state index contributed by atoms with van der Waals surface area (Å²) in [4.78, 5) is 19.0. The Morgan fingerprint density at radius 3 is 2.92 bits per heavy atom. The lowest BCUT2D eigenvalue weighted by Crippen LogP contribution is -2.43. The lowest BCUT2D eigenvalue weighted by molar-refractivity contribution is -0.0119. The van der Waals surface area contributed by atoms with Crippen molar-refractivity contribution in [3.8, 4) is 11.4 Å². The highest BCUT2D eigenvalue weighted by Crippen LogP contribution is 2.27. The maximum atomic E-state index is 12.9. The zero-order valence-electron chi connectivity index (χ0n) is 13.7. The Morgan fingerprint density at radius 2 is 2.16 bits per heavy atom. The van der Waals surface area contributed by atoms with Crippen LogP contribution in [0.4, 0.5) is 0 Å². The van der Waals surface area contributed by atoms with Crippen LogP contribution in [-0.2, 0) is 4.74 Å². The van der Waals surface area contributed by atoms with E-state index < -0.39 is 6.04 Å². The van der Waals surface area contributed by atoms with Gasteiger partial charge in [0, 0.05) is 17.8 Å². The molecule has 1 saturated heterocycles. The van der Waals surface area contributed by atoms with Crippen molar-refractivity contribution < 1.29 is 14.1 Å². The van der Waals surface area contributed by atoms with Crippen LogP contribution in [0.15, 0.2) is 41.1 Å². The number of nitrogens with one attached hydrogen (secondary N) is 1. The van der Waals surface area contributed by atoms with Crippen molar-refractivity contribution in [2.24, 2.45) is 0 Å². The molecule has 1 aliphatic heterocycles. The topological polar surface area (TPSA) is 97.1 Å². The number of aromatic nitrogens is 4. The number of carbonyl (C=O) groups excluding carboxylic acids is 1. The van der Waals surface area contributed by atoms with Gasteiger partial charge in [0.15, 0.2) is 0 Å². The lowest BCUT2D eigenvalue weighted by atomic mass is 10.1. The van der Waals surface area contributed by atoms with Gasteiger partial charge in [-0.25, -0.2) is 0 Å². The fourth-order valence-corrected chi connectivity index (χ4v) is 2.85. The molecule has 1 N–H and O–H groups in total. The zero-order chi connectivity index (χ0) is 17.2. The predicted molar refractivity (Wildman–Crippen MR) is 87.7 cm³/mol. The zero-order valence-corrected chi connectivity index (χ0v) is 13.7. The van der Waals surface area contributed by atoms with E-state index in [4.69, 9.17) is 9.26 Å². The number of hydrogen-bond acceptors (Lipinski definition) is 6. The minimum atomic E-state index is -0.416.